The molecule has 0 heteroatoms. The van der Waals surface area contributed by atoms with E-state index in [-0.39, 0.29) is 0 Å². The number of aryl methyl sites for hydroxylation is 3. The van der Waals surface area contributed by atoms with Crippen LogP contribution in [0.15, 0.2) is 18.2 Å². The molecular weight excluding hydrogens is 216 g/mol. The minimum Gasteiger partial charge on any atom is -0.0654 e. The summed E-state index contributed by atoms with van der Waals surface area (Å²) in [7, 11) is 0. The molecule has 102 valence electrons. The van der Waals surface area contributed by atoms with E-state index in [9.17, 15) is 0 Å². The second-order valence-electron chi connectivity index (χ2n) is 5.53. The maximum atomic E-state index is 2.40. The molecule has 18 heavy (non-hydrogen) atoms. The van der Waals surface area contributed by atoms with Crippen LogP contribution in [-0.4, -0.2) is 0 Å². The van der Waals surface area contributed by atoms with Crippen LogP contribution in [0.2, 0.25) is 0 Å². The van der Waals surface area contributed by atoms with E-state index in [1.54, 1.807) is 5.56 Å². The van der Waals surface area contributed by atoms with Crippen LogP contribution in [0.1, 0.15) is 75.5 Å². The zero-order chi connectivity index (χ0) is 13.2. The quantitative estimate of drug-likeness (QED) is 0.479. The molecular formula is C18H30. The van der Waals surface area contributed by atoms with E-state index < -0.39 is 0 Å². The Balaban J connectivity index is 2.37. The van der Waals surface area contributed by atoms with Gasteiger partial charge in [-0.2, -0.15) is 0 Å². The molecule has 0 unspecified atom stereocenters. The predicted molar refractivity (Wildman–Crippen MR) is 82.3 cm³/mol. The van der Waals surface area contributed by atoms with E-state index in [4.69, 9.17) is 0 Å². The lowest BCUT2D eigenvalue weighted by atomic mass is 9.97. The van der Waals surface area contributed by atoms with Crippen molar-refractivity contribution in [3.8, 4) is 0 Å². The van der Waals surface area contributed by atoms with Gasteiger partial charge in [0.25, 0.3) is 0 Å². The molecule has 0 N–H and O–H groups in total. The summed E-state index contributed by atoms with van der Waals surface area (Å²) in [4.78, 5) is 0. The van der Waals surface area contributed by atoms with Gasteiger partial charge in [-0.25, -0.2) is 0 Å². The maximum Gasteiger partial charge on any atom is -0.0276 e. The lowest BCUT2D eigenvalue weighted by Gasteiger charge is -2.08. The average Bonchev–Trinajstić information content (AvgIpc) is 2.38. The first-order chi connectivity index (χ1) is 8.77. The summed E-state index contributed by atoms with van der Waals surface area (Å²) in [5.41, 5.74) is 4.58. The van der Waals surface area contributed by atoms with Gasteiger partial charge in [0.05, 0.1) is 0 Å². The van der Waals surface area contributed by atoms with Crippen molar-refractivity contribution in [1.29, 1.82) is 0 Å². The molecule has 1 aromatic carbocycles. The number of hydrogen-bond donors (Lipinski definition) is 0. The zero-order valence-corrected chi connectivity index (χ0v) is 12.6. The molecule has 0 bridgehead atoms. The Morgan fingerprint density at radius 2 is 1.50 bits per heavy atom. The smallest absolute Gasteiger partial charge is 0.0276 e. The third-order valence-corrected chi connectivity index (χ3v) is 3.78. The lowest BCUT2D eigenvalue weighted by Crippen LogP contribution is -1.93. The fourth-order valence-corrected chi connectivity index (χ4v) is 2.49. The van der Waals surface area contributed by atoms with Crippen molar-refractivity contribution in [3.05, 3.63) is 34.9 Å². The molecule has 0 amide bonds. The summed E-state index contributed by atoms with van der Waals surface area (Å²) in [6.45, 7) is 6.81. The van der Waals surface area contributed by atoms with Gasteiger partial charge in [-0.3, -0.25) is 0 Å². The monoisotopic (exact) mass is 246 g/mol. The molecule has 0 heterocycles. The molecule has 0 aliphatic rings. The first kappa shape index (κ1) is 15.3. The summed E-state index contributed by atoms with van der Waals surface area (Å²) in [6, 6.07) is 7.10. The Morgan fingerprint density at radius 3 is 2.17 bits per heavy atom. The van der Waals surface area contributed by atoms with Gasteiger partial charge >= 0.3 is 0 Å². The summed E-state index contributed by atoms with van der Waals surface area (Å²) in [5.74, 6) is 0. The van der Waals surface area contributed by atoms with Crippen LogP contribution in [0, 0.1) is 6.92 Å². The normalized spacial score (nSPS) is 10.8. The molecule has 1 rings (SSSR count). The van der Waals surface area contributed by atoms with Crippen LogP contribution in [0.3, 0.4) is 0 Å². The molecule has 0 aromatic heterocycles. The Bertz CT molecular complexity index is 325. The van der Waals surface area contributed by atoms with Crippen molar-refractivity contribution in [2.45, 2.75) is 78.6 Å². The Kier molecular flexibility index (Phi) is 7.80. The van der Waals surface area contributed by atoms with E-state index in [0.717, 1.165) is 0 Å². The van der Waals surface area contributed by atoms with Gasteiger partial charge in [0.1, 0.15) is 0 Å². The Labute approximate surface area is 114 Å². The molecule has 0 aliphatic heterocycles. The molecule has 0 atom stereocenters. The minimum atomic E-state index is 1.24. The van der Waals surface area contributed by atoms with Crippen molar-refractivity contribution in [3.63, 3.8) is 0 Å². The van der Waals surface area contributed by atoms with E-state index in [1.165, 1.54) is 68.9 Å². The van der Waals surface area contributed by atoms with Gasteiger partial charge in [0.2, 0.25) is 0 Å². The van der Waals surface area contributed by atoms with Crippen LogP contribution < -0.4 is 0 Å². The molecule has 0 saturated heterocycles. The van der Waals surface area contributed by atoms with Crippen LogP contribution in [0.4, 0.5) is 0 Å². The molecule has 0 spiro atoms. The fourth-order valence-electron chi connectivity index (χ4n) is 2.49. The van der Waals surface area contributed by atoms with Crippen LogP contribution >= 0.6 is 0 Å². The Morgan fingerprint density at radius 1 is 0.778 bits per heavy atom. The van der Waals surface area contributed by atoms with Crippen LogP contribution in [0.25, 0.3) is 0 Å². The number of rotatable bonds is 9. The van der Waals surface area contributed by atoms with Crippen molar-refractivity contribution >= 4 is 0 Å². The molecule has 0 nitrogen and oxygen atoms in total. The topological polar surface area (TPSA) is 0 Å². The highest BCUT2D eigenvalue weighted by Gasteiger charge is 2.00. The van der Waals surface area contributed by atoms with Gasteiger partial charge in [-0.15, -0.1) is 0 Å². The average molecular weight is 246 g/mol. The highest BCUT2D eigenvalue weighted by Crippen LogP contribution is 2.16. The van der Waals surface area contributed by atoms with Gasteiger partial charge in [0, 0.05) is 0 Å². The zero-order valence-electron chi connectivity index (χ0n) is 12.6. The summed E-state index contributed by atoms with van der Waals surface area (Å²) in [5, 5.41) is 0. The second-order valence-corrected chi connectivity index (χ2v) is 5.53. The van der Waals surface area contributed by atoms with Crippen molar-refractivity contribution in [1.82, 2.24) is 0 Å². The first-order valence-corrected chi connectivity index (χ1v) is 7.86. The van der Waals surface area contributed by atoms with Gasteiger partial charge in [-0.1, -0.05) is 64.2 Å². The minimum absolute atomic E-state index is 1.24. The molecule has 0 fully saturated rings. The first-order valence-electron chi connectivity index (χ1n) is 7.86. The number of benzene rings is 1. The van der Waals surface area contributed by atoms with E-state index in [2.05, 4.69) is 39.0 Å². The highest BCUT2D eigenvalue weighted by molar-refractivity contribution is 5.31. The third-order valence-electron chi connectivity index (χ3n) is 3.78. The largest absolute Gasteiger partial charge is 0.0654 e. The molecule has 0 radical (unpaired) electrons. The highest BCUT2D eigenvalue weighted by atomic mass is 14.1. The third kappa shape index (κ3) is 5.71. The summed E-state index contributed by atoms with van der Waals surface area (Å²) >= 11 is 0. The number of unbranched alkanes of at least 4 members (excludes halogenated alkanes) is 5. The second kappa shape index (κ2) is 9.19. The van der Waals surface area contributed by atoms with Crippen LogP contribution in [-0.2, 0) is 12.8 Å². The van der Waals surface area contributed by atoms with Crippen molar-refractivity contribution in [2.75, 3.05) is 0 Å². The lowest BCUT2D eigenvalue weighted by molar-refractivity contribution is 0.631. The van der Waals surface area contributed by atoms with E-state index in [1.807, 2.05) is 0 Å². The van der Waals surface area contributed by atoms with E-state index >= 15 is 0 Å². The number of hydrogen-bond acceptors (Lipinski definition) is 0. The van der Waals surface area contributed by atoms with Gasteiger partial charge in [-0.05, 0) is 49.3 Å². The fraction of sp³-hybridized carbons (Fsp3) is 0.667. The van der Waals surface area contributed by atoms with Gasteiger partial charge in [0.15, 0.2) is 0 Å². The maximum absolute atomic E-state index is 2.40. The Hall–Kier alpha value is -0.780. The standard InChI is InChI=1S/C18H30/c1-4-6-8-9-10-12-18-14-13-17(11-7-5-2)15-16(18)3/h13-15H,4-12H2,1-3H3. The summed E-state index contributed by atoms with van der Waals surface area (Å²) < 4.78 is 0. The van der Waals surface area contributed by atoms with Crippen molar-refractivity contribution < 1.29 is 0 Å². The SMILES string of the molecule is CCCCCCCc1ccc(CCCC)cc1C. The molecule has 0 aliphatic carbocycles. The predicted octanol–water partition coefficient (Wildman–Crippen LogP) is 5.85. The van der Waals surface area contributed by atoms with Crippen molar-refractivity contribution in [2.24, 2.45) is 0 Å². The summed E-state index contributed by atoms with van der Waals surface area (Å²) in [6.07, 6.45) is 12.0. The molecule has 0 saturated carbocycles. The van der Waals surface area contributed by atoms with Crippen LogP contribution in [0.5, 0.6) is 0 Å². The van der Waals surface area contributed by atoms with Gasteiger partial charge < -0.3 is 0 Å². The van der Waals surface area contributed by atoms with E-state index in [0.29, 0.717) is 0 Å². The molecule has 1 aromatic rings.